The molecule has 0 aliphatic carbocycles. The van der Waals surface area contributed by atoms with Crippen LogP contribution in [0.3, 0.4) is 0 Å². The number of rotatable bonds is 3. The minimum Gasteiger partial charge on any atom is -0.472 e. The molecule has 1 aromatic heterocycles. The topological polar surface area (TPSA) is 50.3 Å². The molecular weight excluding hydrogens is 240 g/mol. The predicted octanol–water partition coefficient (Wildman–Crippen LogP) is 0.935. The lowest BCUT2D eigenvalue weighted by Crippen LogP contribution is -2.47. The molecule has 3 rings (SSSR count). The average molecular weight is 260 g/mol. The van der Waals surface area contributed by atoms with Gasteiger partial charge in [0.15, 0.2) is 0 Å². The van der Waals surface area contributed by atoms with Gasteiger partial charge < -0.3 is 10.1 Å². The van der Waals surface area contributed by atoms with E-state index in [1.54, 1.807) is 12.4 Å². The normalized spacial score (nSPS) is 27.0. The Balaban J connectivity index is 1.61. The van der Waals surface area contributed by atoms with Crippen LogP contribution in [0.2, 0.25) is 0 Å². The van der Waals surface area contributed by atoms with Crippen molar-refractivity contribution in [1.29, 1.82) is 0 Å². The number of allylic oxidation sites excluding steroid dienone is 1. The molecule has 19 heavy (non-hydrogen) atoms. The number of hydrogen-bond donors (Lipinski definition) is 1. The lowest BCUT2D eigenvalue weighted by Gasteiger charge is -2.29. The summed E-state index contributed by atoms with van der Waals surface area (Å²) in [4.78, 5) is 11.1. The van der Waals surface area contributed by atoms with Crippen molar-refractivity contribution in [2.24, 2.45) is 0 Å². The van der Waals surface area contributed by atoms with Crippen LogP contribution in [0.1, 0.15) is 19.0 Å². The fourth-order valence-electron chi connectivity index (χ4n) is 2.77. The van der Waals surface area contributed by atoms with Crippen LogP contribution in [0.25, 0.3) is 5.57 Å². The minimum atomic E-state index is 0.231. The predicted molar refractivity (Wildman–Crippen MR) is 74.0 cm³/mol. The summed E-state index contributed by atoms with van der Waals surface area (Å²) in [6.07, 6.45) is 4.72. The quantitative estimate of drug-likeness (QED) is 0.876. The van der Waals surface area contributed by atoms with E-state index < -0.39 is 0 Å². The van der Waals surface area contributed by atoms with Crippen LogP contribution >= 0.6 is 0 Å². The smallest absolute Gasteiger partial charge is 0.232 e. The van der Waals surface area contributed by atoms with Crippen LogP contribution < -0.4 is 10.1 Å². The van der Waals surface area contributed by atoms with Crippen molar-refractivity contribution in [2.75, 3.05) is 26.2 Å². The highest BCUT2D eigenvalue weighted by atomic mass is 16.5. The number of piperazine rings is 1. The van der Waals surface area contributed by atoms with Crippen molar-refractivity contribution in [2.45, 2.75) is 25.5 Å². The molecule has 2 aliphatic heterocycles. The van der Waals surface area contributed by atoms with E-state index in [1.807, 2.05) is 6.92 Å². The van der Waals surface area contributed by atoms with Crippen LogP contribution in [0.15, 0.2) is 19.0 Å². The largest absolute Gasteiger partial charge is 0.472 e. The highest BCUT2D eigenvalue weighted by molar-refractivity contribution is 5.56. The molecule has 2 aliphatic rings. The van der Waals surface area contributed by atoms with Gasteiger partial charge in [0.1, 0.15) is 6.10 Å². The Morgan fingerprint density at radius 2 is 2.37 bits per heavy atom. The van der Waals surface area contributed by atoms with Gasteiger partial charge >= 0.3 is 0 Å². The first-order valence-electron chi connectivity index (χ1n) is 6.82. The second kappa shape index (κ2) is 5.27. The lowest BCUT2D eigenvalue weighted by molar-refractivity contribution is 0.182. The maximum atomic E-state index is 5.93. The molecule has 1 N–H and O–H groups in total. The van der Waals surface area contributed by atoms with Crippen LogP contribution in [-0.2, 0) is 0 Å². The van der Waals surface area contributed by atoms with E-state index in [2.05, 4.69) is 26.8 Å². The molecule has 0 spiro atoms. The molecule has 0 amide bonds. The summed E-state index contributed by atoms with van der Waals surface area (Å²) in [6.45, 7) is 10.0. The van der Waals surface area contributed by atoms with Gasteiger partial charge in [0.05, 0.1) is 18.1 Å². The number of ether oxygens (including phenoxy) is 1. The van der Waals surface area contributed by atoms with Crippen LogP contribution in [0.5, 0.6) is 5.88 Å². The van der Waals surface area contributed by atoms with E-state index in [4.69, 9.17) is 4.74 Å². The summed E-state index contributed by atoms with van der Waals surface area (Å²) in [5.41, 5.74) is 1.74. The Morgan fingerprint density at radius 1 is 1.47 bits per heavy atom. The molecule has 2 fully saturated rings. The fourth-order valence-corrected chi connectivity index (χ4v) is 2.77. The number of hydrogen-bond acceptors (Lipinski definition) is 5. The van der Waals surface area contributed by atoms with Gasteiger partial charge in [0.25, 0.3) is 0 Å². The van der Waals surface area contributed by atoms with Gasteiger partial charge in [0, 0.05) is 38.6 Å². The Hall–Kier alpha value is -1.46. The standard InChI is InChI=1S/C14H20N4O/c1-10(2)13-7-17-14(8-16-13)19-12-5-11-6-15-3-4-18(11)9-12/h7-8,11-12,15H,1,3-6,9H2,2H3/t11-,12+/m0/s1. The third-order valence-electron chi connectivity index (χ3n) is 3.80. The highest BCUT2D eigenvalue weighted by Gasteiger charge is 2.34. The lowest BCUT2D eigenvalue weighted by atomic mass is 10.2. The van der Waals surface area contributed by atoms with Gasteiger partial charge in [-0.3, -0.25) is 4.90 Å². The van der Waals surface area contributed by atoms with E-state index in [-0.39, 0.29) is 6.10 Å². The number of aromatic nitrogens is 2. The first-order valence-corrected chi connectivity index (χ1v) is 6.82. The van der Waals surface area contributed by atoms with E-state index in [0.29, 0.717) is 11.9 Å². The Kier molecular flexibility index (Phi) is 3.48. The van der Waals surface area contributed by atoms with Crippen molar-refractivity contribution in [3.05, 3.63) is 24.7 Å². The van der Waals surface area contributed by atoms with Crippen LogP contribution in [-0.4, -0.2) is 53.2 Å². The molecule has 0 unspecified atom stereocenters. The molecule has 2 atom stereocenters. The molecular formula is C14H20N4O. The van der Waals surface area contributed by atoms with Gasteiger partial charge in [0.2, 0.25) is 5.88 Å². The molecule has 0 aromatic carbocycles. The number of fused-ring (bicyclic) bond motifs is 1. The van der Waals surface area contributed by atoms with Gasteiger partial charge in [-0.25, -0.2) is 9.97 Å². The van der Waals surface area contributed by atoms with Crippen LogP contribution in [0, 0.1) is 0 Å². The molecule has 0 saturated carbocycles. The number of nitrogens with one attached hydrogen (secondary N) is 1. The summed E-state index contributed by atoms with van der Waals surface area (Å²) in [5, 5.41) is 3.43. The van der Waals surface area contributed by atoms with Crippen LogP contribution in [0.4, 0.5) is 0 Å². The molecule has 2 saturated heterocycles. The third kappa shape index (κ3) is 2.77. The first kappa shape index (κ1) is 12.6. The van der Waals surface area contributed by atoms with Crippen molar-refractivity contribution in [3.8, 4) is 5.88 Å². The van der Waals surface area contributed by atoms with Gasteiger partial charge in [-0.1, -0.05) is 6.58 Å². The zero-order valence-electron chi connectivity index (χ0n) is 11.3. The van der Waals surface area contributed by atoms with Gasteiger partial charge in [-0.05, 0) is 12.5 Å². The summed E-state index contributed by atoms with van der Waals surface area (Å²) in [7, 11) is 0. The molecule has 5 nitrogen and oxygen atoms in total. The van der Waals surface area contributed by atoms with Crippen molar-refractivity contribution in [1.82, 2.24) is 20.2 Å². The van der Waals surface area contributed by atoms with E-state index >= 15 is 0 Å². The molecule has 3 heterocycles. The maximum Gasteiger partial charge on any atom is 0.232 e. The van der Waals surface area contributed by atoms with E-state index in [9.17, 15) is 0 Å². The zero-order chi connectivity index (χ0) is 13.2. The van der Waals surface area contributed by atoms with E-state index in [1.165, 1.54) is 0 Å². The number of nitrogens with zero attached hydrogens (tertiary/aromatic N) is 3. The maximum absolute atomic E-state index is 5.93. The Morgan fingerprint density at radius 3 is 3.05 bits per heavy atom. The second-order valence-corrected chi connectivity index (χ2v) is 5.35. The highest BCUT2D eigenvalue weighted by Crippen LogP contribution is 2.22. The fraction of sp³-hybridized carbons (Fsp3) is 0.571. The van der Waals surface area contributed by atoms with Crippen molar-refractivity contribution >= 4 is 5.57 Å². The molecule has 0 radical (unpaired) electrons. The minimum absolute atomic E-state index is 0.231. The molecule has 5 heteroatoms. The molecule has 102 valence electrons. The summed E-state index contributed by atoms with van der Waals surface area (Å²) < 4.78 is 5.93. The first-order chi connectivity index (χ1) is 9.22. The van der Waals surface area contributed by atoms with E-state index in [0.717, 1.165) is 43.9 Å². The summed E-state index contributed by atoms with van der Waals surface area (Å²) in [5.74, 6) is 0.614. The SMILES string of the molecule is C=C(C)c1cnc(O[C@@H]2C[C@H]3CNCCN3C2)cn1. The summed E-state index contributed by atoms with van der Waals surface area (Å²) >= 11 is 0. The monoisotopic (exact) mass is 260 g/mol. The molecule has 0 bridgehead atoms. The Bertz CT molecular complexity index is 445. The van der Waals surface area contributed by atoms with Gasteiger partial charge in [-0.15, -0.1) is 0 Å². The third-order valence-corrected chi connectivity index (χ3v) is 3.80. The Labute approximate surface area is 113 Å². The van der Waals surface area contributed by atoms with Crippen molar-refractivity contribution < 1.29 is 4.74 Å². The molecule has 1 aromatic rings. The second-order valence-electron chi connectivity index (χ2n) is 5.35. The zero-order valence-corrected chi connectivity index (χ0v) is 11.3. The summed E-state index contributed by atoms with van der Waals surface area (Å²) in [6, 6.07) is 0.612. The van der Waals surface area contributed by atoms with Gasteiger partial charge in [-0.2, -0.15) is 0 Å². The van der Waals surface area contributed by atoms with Crippen molar-refractivity contribution in [3.63, 3.8) is 0 Å². The average Bonchev–Trinajstić information content (AvgIpc) is 2.81.